The maximum Gasteiger partial charge on any atom is 0.323 e. The highest BCUT2D eigenvalue weighted by molar-refractivity contribution is 7.09. The highest BCUT2D eigenvalue weighted by Gasteiger charge is 2.32. The average molecular weight is 537 g/mol. The van der Waals surface area contributed by atoms with Gasteiger partial charge in [-0.15, -0.1) is 11.3 Å². The van der Waals surface area contributed by atoms with Gasteiger partial charge in [0.1, 0.15) is 5.69 Å². The molecule has 0 saturated carbocycles. The number of likely N-dealkylation sites (tertiary alicyclic amines) is 2. The fourth-order valence-electron chi connectivity index (χ4n) is 5.02. The summed E-state index contributed by atoms with van der Waals surface area (Å²) >= 11 is 1.49. The van der Waals surface area contributed by atoms with Crippen molar-refractivity contribution in [2.75, 3.05) is 38.1 Å². The lowest BCUT2D eigenvalue weighted by Crippen LogP contribution is -2.43. The minimum atomic E-state index is -0.271. The van der Waals surface area contributed by atoms with Crippen LogP contribution in [0.2, 0.25) is 0 Å². The molecule has 2 N–H and O–H groups in total. The Kier molecular flexibility index (Phi) is 8.02. The number of aromatic amines is 1. The molecule has 1 unspecified atom stereocenters. The maximum atomic E-state index is 13.1. The first-order valence-corrected chi connectivity index (χ1v) is 14.0. The van der Waals surface area contributed by atoms with E-state index in [2.05, 4.69) is 20.5 Å². The van der Waals surface area contributed by atoms with Gasteiger partial charge in [0.25, 0.3) is 5.91 Å². The highest BCUT2D eigenvalue weighted by Crippen LogP contribution is 2.31. The van der Waals surface area contributed by atoms with Gasteiger partial charge >= 0.3 is 12.0 Å². The third-order valence-corrected chi connectivity index (χ3v) is 8.11. The molecule has 1 aromatic carbocycles. The van der Waals surface area contributed by atoms with E-state index in [0.29, 0.717) is 44.3 Å². The number of urea groups is 1. The molecule has 3 amide bonds. The normalized spacial score (nSPS) is 18.3. The minimum Gasteiger partial charge on any atom is -0.466 e. The molecule has 2 aliphatic heterocycles. The molecule has 2 fully saturated rings. The third-order valence-electron chi connectivity index (χ3n) is 7.10. The topological polar surface area (TPSA) is 121 Å². The summed E-state index contributed by atoms with van der Waals surface area (Å²) in [6, 6.07) is 11.5. The quantitative estimate of drug-likeness (QED) is 0.452. The Bertz CT molecular complexity index is 1270. The minimum absolute atomic E-state index is 0.132. The molecule has 0 spiro atoms. The molecule has 38 heavy (non-hydrogen) atoms. The van der Waals surface area contributed by atoms with Crippen molar-refractivity contribution in [1.82, 2.24) is 25.0 Å². The Morgan fingerprint density at radius 3 is 2.66 bits per heavy atom. The lowest BCUT2D eigenvalue weighted by atomic mass is 9.97. The summed E-state index contributed by atoms with van der Waals surface area (Å²) in [5, 5.41) is 12.8. The number of hydrogen-bond acceptors (Lipinski definition) is 7. The SMILES string of the molecule is CCOC(=O)C1CCCN(C(=O)c2csc(C3CCN(C(=O)Nc4cc(-c5ccccc5)[nH]n4)CC3)n2)C1. The number of nitrogens with zero attached hydrogens (tertiary/aromatic N) is 4. The fourth-order valence-corrected chi connectivity index (χ4v) is 5.98. The summed E-state index contributed by atoms with van der Waals surface area (Å²) in [5.41, 5.74) is 2.28. The van der Waals surface area contributed by atoms with Crippen molar-refractivity contribution >= 4 is 35.1 Å². The molecule has 11 heteroatoms. The van der Waals surface area contributed by atoms with E-state index in [-0.39, 0.29) is 29.7 Å². The number of carbonyl (C=O) groups excluding carboxylic acids is 3. The number of aromatic nitrogens is 3. The first kappa shape index (κ1) is 25.9. The molecule has 2 aliphatic rings. The number of H-pyrrole nitrogens is 1. The lowest BCUT2D eigenvalue weighted by Gasteiger charge is -2.31. The zero-order valence-corrected chi connectivity index (χ0v) is 22.2. The third kappa shape index (κ3) is 5.88. The van der Waals surface area contributed by atoms with Crippen molar-refractivity contribution in [3.8, 4) is 11.3 Å². The van der Waals surface area contributed by atoms with E-state index >= 15 is 0 Å². The Hall–Kier alpha value is -3.73. The summed E-state index contributed by atoms with van der Waals surface area (Å²) in [6.45, 7) is 4.33. The van der Waals surface area contributed by atoms with E-state index < -0.39 is 0 Å². The summed E-state index contributed by atoms with van der Waals surface area (Å²) in [6.07, 6.45) is 3.07. The molecule has 0 bridgehead atoms. The number of benzene rings is 1. The van der Waals surface area contributed by atoms with Gasteiger partial charge in [0, 0.05) is 43.5 Å². The Labute approximate surface area is 225 Å². The van der Waals surface area contributed by atoms with Crippen LogP contribution in [0, 0.1) is 5.92 Å². The Morgan fingerprint density at radius 2 is 1.89 bits per heavy atom. The van der Waals surface area contributed by atoms with Gasteiger partial charge in [-0.3, -0.25) is 20.0 Å². The van der Waals surface area contributed by atoms with Crippen LogP contribution in [0.1, 0.15) is 54.0 Å². The molecule has 10 nitrogen and oxygen atoms in total. The van der Waals surface area contributed by atoms with Crippen molar-refractivity contribution in [2.24, 2.45) is 5.92 Å². The second kappa shape index (κ2) is 11.8. The zero-order valence-electron chi connectivity index (χ0n) is 21.4. The number of ether oxygens (including phenoxy) is 1. The molecule has 3 aromatic rings. The zero-order chi connectivity index (χ0) is 26.5. The van der Waals surface area contributed by atoms with E-state index in [4.69, 9.17) is 4.74 Å². The molecule has 2 aromatic heterocycles. The van der Waals surface area contributed by atoms with Gasteiger partial charge in [-0.05, 0) is 38.2 Å². The molecular weight excluding hydrogens is 504 g/mol. The number of nitrogens with one attached hydrogen (secondary N) is 2. The Morgan fingerprint density at radius 1 is 1.11 bits per heavy atom. The first-order chi connectivity index (χ1) is 18.5. The average Bonchev–Trinajstić information content (AvgIpc) is 3.64. The van der Waals surface area contributed by atoms with Crippen molar-refractivity contribution < 1.29 is 19.1 Å². The Balaban J connectivity index is 1.12. The number of esters is 1. The molecule has 1 atom stereocenters. The van der Waals surface area contributed by atoms with Gasteiger partial charge in [-0.2, -0.15) is 5.10 Å². The molecule has 200 valence electrons. The predicted molar refractivity (Wildman–Crippen MR) is 144 cm³/mol. The van der Waals surface area contributed by atoms with Gasteiger partial charge in [0.05, 0.1) is 23.2 Å². The van der Waals surface area contributed by atoms with Crippen LogP contribution in [0.15, 0.2) is 41.8 Å². The van der Waals surface area contributed by atoms with Crippen LogP contribution in [0.5, 0.6) is 0 Å². The summed E-state index contributed by atoms with van der Waals surface area (Å²) in [4.78, 5) is 46.2. The van der Waals surface area contributed by atoms with E-state index in [1.165, 1.54) is 11.3 Å². The summed E-state index contributed by atoms with van der Waals surface area (Å²) in [5.74, 6) is 0.0553. The number of rotatable bonds is 6. The van der Waals surface area contributed by atoms with Gasteiger partial charge in [-0.25, -0.2) is 9.78 Å². The number of anilines is 1. The predicted octanol–water partition coefficient (Wildman–Crippen LogP) is 4.36. The summed E-state index contributed by atoms with van der Waals surface area (Å²) in [7, 11) is 0. The number of carbonyl (C=O) groups is 3. The van der Waals surface area contributed by atoms with Gasteiger partial charge in [0.2, 0.25) is 0 Å². The molecule has 2 saturated heterocycles. The van der Waals surface area contributed by atoms with Crippen LogP contribution in [-0.2, 0) is 9.53 Å². The van der Waals surface area contributed by atoms with Crippen LogP contribution >= 0.6 is 11.3 Å². The van der Waals surface area contributed by atoms with Crippen LogP contribution in [0.4, 0.5) is 10.6 Å². The molecule has 0 radical (unpaired) electrons. The second-order valence-corrected chi connectivity index (χ2v) is 10.5. The fraction of sp³-hybridized carbons (Fsp3) is 0.444. The van der Waals surface area contributed by atoms with E-state index in [1.54, 1.807) is 16.7 Å². The summed E-state index contributed by atoms with van der Waals surface area (Å²) < 4.78 is 5.15. The van der Waals surface area contributed by atoms with E-state index in [9.17, 15) is 14.4 Å². The number of piperidine rings is 2. The van der Waals surface area contributed by atoms with Crippen LogP contribution in [0.25, 0.3) is 11.3 Å². The van der Waals surface area contributed by atoms with Crippen molar-refractivity contribution in [3.05, 3.63) is 52.5 Å². The second-order valence-electron chi connectivity index (χ2n) is 9.64. The van der Waals surface area contributed by atoms with Crippen LogP contribution in [-0.4, -0.2) is 75.7 Å². The van der Waals surface area contributed by atoms with Crippen molar-refractivity contribution in [1.29, 1.82) is 0 Å². The number of hydrogen-bond donors (Lipinski definition) is 2. The van der Waals surface area contributed by atoms with E-state index in [0.717, 1.165) is 41.9 Å². The van der Waals surface area contributed by atoms with E-state index in [1.807, 2.05) is 41.8 Å². The van der Waals surface area contributed by atoms with Gasteiger partial charge in [-0.1, -0.05) is 30.3 Å². The smallest absolute Gasteiger partial charge is 0.323 e. The van der Waals surface area contributed by atoms with Crippen LogP contribution < -0.4 is 5.32 Å². The van der Waals surface area contributed by atoms with Crippen LogP contribution in [0.3, 0.4) is 0 Å². The number of amides is 3. The lowest BCUT2D eigenvalue weighted by molar-refractivity contribution is -0.149. The molecule has 5 rings (SSSR count). The molecular formula is C27H32N6O4S. The largest absolute Gasteiger partial charge is 0.466 e. The number of thiazole rings is 1. The van der Waals surface area contributed by atoms with Crippen molar-refractivity contribution in [3.63, 3.8) is 0 Å². The van der Waals surface area contributed by atoms with Crippen molar-refractivity contribution in [2.45, 2.75) is 38.5 Å². The molecule has 4 heterocycles. The molecule has 0 aliphatic carbocycles. The standard InChI is InChI=1S/C27H32N6O4S/c1-2-37-26(35)20-9-6-12-33(16-20)25(34)22-17-38-24(28-22)19-10-13-32(14-11-19)27(36)29-23-15-21(30-31-23)18-7-4-3-5-8-18/h3-5,7-8,15,17,19-20H,2,6,9-14,16H2,1H3,(H2,29,30,31,36). The van der Waals surface area contributed by atoms with Gasteiger partial charge < -0.3 is 14.5 Å². The monoisotopic (exact) mass is 536 g/mol. The van der Waals surface area contributed by atoms with Gasteiger partial charge in [0.15, 0.2) is 5.82 Å². The first-order valence-electron chi connectivity index (χ1n) is 13.1. The maximum absolute atomic E-state index is 13.1. The highest BCUT2D eigenvalue weighted by atomic mass is 32.1.